The molecule has 1 fully saturated rings. The van der Waals surface area contributed by atoms with Gasteiger partial charge in [0.25, 0.3) is 5.91 Å². The summed E-state index contributed by atoms with van der Waals surface area (Å²) in [6.45, 7) is 5.65. The third kappa shape index (κ3) is 4.49. The van der Waals surface area contributed by atoms with Crippen LogP contribution >= 0.6 is 0 Å². The molecule has 0 heterocycles. The normalized spacial score (nSPS) is 21.7. The van der Waals surface area contributed by atoms with Crippen LogP contribution in [0.4, 0.5) is 0 Å². The van der Waals surface area contributed by atoms with E-state index in [-0.39, 0.29) is 11.9 Å². The maximum Gasteiger partial charge on any atom is 0.339 e. The summed E-state index contributed by atoms with van der Waals surface area (Å²) in [5, 5.41) is 3.02. The lowest BCUT2D eigenvalue weighted by atomic mass is 9.86. The molecule has 132 valence electrons. The smallest absolute Gasteiger partial charge is 0.339 e. The first-order valence-corrected chi connectivity index (χ1v) is 8.58. The van der Waals surface area contributed by atoms with E-state index < -0.39 is 12.1 Å². The SMILES string of the molecule is COc1cc(C(=O)O[C@@H](C)C(=O)N[C@@H]2CCCC[C@@H]2C)ccc1C. The number of carbonyl (C=O) groups is 2. The molecule has 0 radical (unpaired) electrons. The third-order valence-corrected chi connectivity index (χ3v) is 4.74. The van der Waals surface area contributed by atoms with Crippen molar-refractivity contribution in [3.8, 4) is 5.75 Å². The molecule has 5 nitrogen and oxygen atoms in total. The summed E-state index contributed by atoms with van der Waals surface area (Å²) < 4.78 is 10.5. The first-order valence-electron chi connectivity index (χ1n) is 8.58. The summed E-state index contributed by atoms with van der Waals surface area (Å²) in [6.07, 6.45) is 3.64. The van der Waals surface area contributed by atoms with Crippen LogP contribution in [0.15, 0.2) is 18.2 Å². The third-order valence-electron chi connectivity index (χ3n) is 4.74. The Morgan fingerprint density at radius 1 is 1.25 bits per heavy atom. The second-order valence-electron chi connectivity index (χ2n) is 6.61. The second kappa shape index (κ2) is 8.18. The molecule has 1 aliphatic carbocycles. The lowest BCUT2D eigenvalue weighted by Crippen LogP contribution is -2.45. The average Bonchev–Trinajstić information content (AvgIpc) is 2.57. The fraction of sp³-hybridized carbons (Fsp3) is 0.579. The molecule has 24 heavy (non-hydrogen) atoms. The monoisotopic (exact) mass is 333 g/mol. The van der Waals surface area contributed by atoms with Crippen LogP contribution < -0.4 is 10.1 Å². The van der Waals surface area contributed by atoms with Gasteiger partial charge in [0.05, 0.1) is 12.7 Å². The van der Waals surface area contributed by atoms with Gasteiger partial charge in [-0.25, -0.2) is 4.79 Å². The van der Waals surface area contributed by atoms with E-state index in [1.807, 2.05) is 6.92 Å². The zero-order valence-electron chi connectivity index (χ0n) is 14.9. The van der Waals surface area contributed by atoms with Gasteiger partial charge in [0, 0.05) is 6.04 Å². The van der Waals surface area contributed by atoms with Crippen LogP contribution in [0.1, 0.15) is 55.5 Å². The molecule has 2 rings (SSSR count). The van der Waals surface area contributed by atoms with Crippen molar-refractivity contribution in [2.75, 3.05) is 7.11 Å². The number of esters is 1. The lowest BCUT2D eigenvalue weighted by Gasteiger charge is -2.30. The minimum absolute atomic E-state index is 0.173. The van der Waals surface area contributed by atoms with E-state index >= 15 is 0 Å². The van der Waals surface area contributed by atoms with Crippen LogP contribution in [0.2, 0.25) is 0 Å². The van der Waals surface area contributed by atoms with Crippen LogP contribution in [0.5, 0.6) is 5.75 Å². The summed E-state index contributed by atoms with van der Waals surface area (Å²) >= 11 is 0. The molecular weight excluding hydrogens is 306 g/mol. The zero-order chi connectivity index (χ0) is 17.7. The molecule has 1 amide bonds. The molecule has 0 aliphatic heterocycles. The van der Waals surface area contributed by atoms with E-state index in [2.05, 4.69) is 12.2 Å². The number of aryl methyl sites for hydroxylation is 1. The van der Waals surface area contributed by atoms with Gasteiger partial charge in [-0.3, -0.25) is 4.79 Å². The number of ether oxygens (including phenoxy) is 2. The van der Waals surface area contributed by atoms with Crippen LogP contribution in [0.25, 0.3) is 0 Å². The van der Waals surface area contributed by atoms with Gasteiger partial charge >= 0.3 is 5.97 Å². The fourth-order valence-electron chi connectivity index (χ4n) is 3.06. The number of carbonyl (C=O) groups excluding carboxylic acids is 2. The van der Waals surface area contributed by atoms with Crippen molar-refractivity contribution in [3.63, 3.8) is 0 Å². The van der Waals surface area contributed by atoms with Crippen LogP contribution in [0.3, 0.4) is 0 Å². The van der Waals surface area contributed by atoms with E-state index in [9.17, 15) is 9.59 Å². The highest BCUT2D eigenvalue weighted by Crippen LogP contribution is 2.24. The first-order chi connectivity index (χ1) is 11.4. The van der Waals surface area contributed by atoms with Gasteiger partial charge in [-0.2, -0.15) is 0 Å². The summed E-state index contributed by atoms with van der Waals surface area (Å²) in [5.41, 5.74) is 1.31. The minimum atomic E-state index is -0.820. The predicted molar refractivity (Wildman–Crippen MR) is 92.2 cm³/mol. The van der Waals surface area contributed by atoms with E-state index in [1.165, 1.54) is 6.42 Å². The number of benzene rings is 1. The van der Waals surface area contributed by atoms with E-state index in [0.717, 1.165) is 24.8 Å². The number of rotatable bonds is 5. The molecule has 1 N–H and O–H groups in total. The number of methoxy groups -OCH3 is 1. The van der Waals surface area contributed by atoms with Gasteiger partial charge in [0.1, 0.15) is 5.75 Å². The Morgan fingerprint density at radius 2 is 1.96 bits per heavy atom. The van der Waals surface area contributed by atoms with Crippen molar-refractivity contribution in [3.05, 3.63) is 29.3 Å². The molecule has 0 spiro atoms. The molecule has 5 heteroatoms. The summed E-state index contributed by atoms with van der Waals surface area (Å²) in [5.74, 6) is 0.332. The lowest BCUT2D eigenvalue weighted by molar-refractivity contribution is -0.130. The first kappa shape index (κ1) is 18.3. The molecule has 1 saturated carbocycles. The molecule has 0 bridgehead atoms. The maximum atomic E-state index is 12.3. The average molecular weight is 333 g/mol. The van der Waals surface area contributed by atoms with Gasteiger partial charge in [-0.1, -0.05) is 25.8 Å². The molecule has 0 unspecified atom stereocenters. The molecule has 0 aromatic heterocycles. The van der Waals surface area contributed by atoms with Crippen molar-refractivity contribution >= 4 is 11.9 Å². The highest BCUT2D eigenvalue weighted by Gasteiger charge is 2.26. The van der Waals surface area contributed by atoms with Crippen molar-refractivity contribution in [2.45, 2.75) is 58.6 Å². The van der Waals surface area contributed by atoms with Crippen molar-refractivity contribution in [1.82, 2.24) is 5.32 Å². The van der Waals surface area contributed by atoms with Gasteiger partial charge < -0.3 is 14.8 Å². The summed E-state index contributed by atoms with van der Waals surface area (Å²) in [6, 6.07) is 5.27. The van der Waals surface area contributed by atoms with Crippen molar-refractivity contribution < 1.29 is 19.1 Å². The Morgan fingerprint density at radius 3 is 2.62 bits per heavy atom. The van der Waals surface area contributed by atoms with Gasteiger partial charge in [-0.05, 0) is 50.3 Å². The van der Waals surface area contributed by atoms with Crippen molar-refractivity contribution in [1.29, 1.82) is 0 Å². The van der Waals surface area contributed by atoms with E-state index in [4.69, 9.17) is 9.47 Å². The Hall–Kier alpha value is -2.04. The van der Waals surface area contributed by atoms with Crippen LogP contribution in [-0.4, -0.2) is 31.1 Å². The fourth-order valence-corrected chi connectivity index (χ4v) is 3.06. The van der Waals surface area contributed by atoms with Gasteiger partial charge in [-0.15, -0.1) is 0 Å². The minimum Gasteiger partial charge on any atom is -0.496 e. The predicted octanol–water partition coefficient (Wildman–Crippen LogP) is 3.24. The maximum absolute atomic E-state index is 12.3. The Labute approximate surface area is 143 Å². The molecule has 1 aromatic rings. The molecule has 3 atom stereocenters. The Bertz CT molecular complexity index is 599. The van der Waals surface area contributed by atoms with E-state index in [0.29, 0.717) is 17.2 Å². The molecule has 0 saturated heterocycles. The molecule has 1 aliphatic rings. The van der Waals surface area contributed by atoms with Crippen LogP contribution in [0, 0.1) is 12.8 Å². The quantitative estimate of drug-likeness (QED) is 0.840. The molecule has 1 aromatic carbocycles. The number of amides is 1. The Balaban J connectivity index is 1.94. The second-order valence-corrected chi connectivity index (χ2v) is 6.61. The number of hydrogen-bond acceptors (Lipinski definition) is 4. The summed E-state index contributed by atoms with van der Waals surface area (Å²) in [4.78, 5) is 24.5. The highest BCUT2D eigenvalue weighted by atomic mass is 16.5. The van der Waals surface area contributed by atoms with E-state index in [1.54, 1.807) is 32.2 Å². The van der Waals surface area contributed by atoms with Gasteiger partial charge in [0.15, 0.2) is 6.10 Å². The number of nitrogens with one attached hydrogen (secondary N) is 1. The van der Waals surface area contributed by atoms with Gasteiger partial charge in [0.2, 0.25) is 0 Å². The standard InChI is InChI=1S/C19H27NO4/c1-12-7-5-6-8-16(12)20-18(21)14(3)24-19(22)15-10-9-13(2)17(11-15)23-4/h9-12,14,16H,5-8H2,1-4H3,(H,20,21)/t12-,14-,16+/m0/s1. The highest BCUT2D eigenvalue weighted by molar-refractivity contribution is 5.92. The van der Waals surface area contributed by atoms with Crippen LogP contribution in [-0.2, 0) is 9.53 Å². The molecular formula is C19H27NO4. The number of hydrogen-bond donors (Lipinski definition) is 1. The topological polar surface area (TPSA) is 64.6 Å². The Kier molecular flexibility index (Phi) is 6.23. The largest absolute Gasteiger partial charge is 0.496 e. The zero-order valence-corrected chi connectivity index (χ0v) is 14.9. The van der Waals surface area contributed by atoms with Crippen molar-refractivity contribution in [2.24, 2.45) is 5.92 Å². The summed E-state index contributed by atoms with van der Waals surface area (Å²) in [7, 11) is 1.55.